The molecule has 0 fully saturated rings. The van der Waals surface area contributed by atoms with Gasteiger partial charge in [-0.2, -0.15) is 0 Å². The SMILES string of the molecule is COc1cccc(Nc2nnc(SCc3nc4ccccc4n3C)s2)c1. The van der Waals surface area contributed by atoms with Gasteiger partial charge in [-0.25, -0.2) is 4.98 Å². The molecule has 0 aliphatic rings. The Labute approximate surface area is 159 Å². The summed E-state index contributed by atoms with van der Waals surface area (Å²) in [4.78, 5) is 4.69. The van der Waals surface area contributed by atoms with Crippen LogP contribution in [0.4, 0.5) is 10.8 Å². The third-order valence-electron chi connectivity index (χ3n) is 3.93. The number of nitrogens with one attached hydrogen (secondary N) is 1. The van der Waals surface area contributed by atoms with Crippen LogP contribution >= 0.6 is 23.1 Å². The van der Waals surface area contributed by atoms with Crippen LogP contribution in [-0.4, -0.2) is 26.9 Å². The summed E-state index contributed by atoms with van der Waals surface area (Å²) in [5.41, 5.74) is 3.08. The number of aryl methyl sites for hydroxylation is 1. The third-order valence-corrected chi connectivity index (χ3v) is 5.90. The zero-order valence-electron chi connectivity index (χ0n) is 14.3. The Morgan fingerprint density at radius 2 is 2.04 bits per heavy atom. The summed E-state index contributed by atoms with van der Waals surface area (Å²) in [5, 5.41) is 12.5. The van der Waals surface area contributed by atoms with Gasteiger partial charge in [0.05, 0.1) is 23.9 Å². The smallest absolute Gasteiger partial charge is 0.210 e. The molecule has 4 aromatic rings. The van der Waals surface area contributed by atoms with E-state index in [0.29, 0.717) is 0 Å². The fraction of sp³-hybridized carbons (Fsp3) is 0.167. The van der Waals surface area contributed by atoms with Gasteiger partial charge in [0.2, 0.25) is 5.13 Å². The van der Waals surface area contributed by atoms with Crippen molar-refractivity contribution in [3.63, 3.8) is 0 Å². The summed E-state index contributed by atoms with van der Waals surface area (Å²) < 4.78 is 8.26. The Kier molecular flexibility index (Phi) is 4.77. The van der Waals surface area contributed by atoms with Gasteiger partial charge in [0.15, 0.2) is 4.34 Å². The predicted octanol–water partition coefficient (Wildman–Crippen LogP) is 4.47. The van der Waals surface area contributed by atoms with Crippen molar-refractivity contribution >= 4 is 45.0 Å². The first-order valence-corrected chi connectivity index (χ1v) is 9.81. The van der Waals surface area contributed by atoms with Gasteiger partial charge in [0, 0.05) is 18.8 Å². The molecular weight excluding hydrogens is 366 g/mol. The average Bonchev–Trinajstić information content (AvgIpc) is 3.25. The summed E-state index contributed by atoms with van der Waals surface area (Å²) in [6, 6.07) is 15.9. The maximum absolute atomic E-state index is 5.24. The summed E-state index contributed by atoms with van der Waals surface area (Å²) >= 11 is 3.16. The lowest BCUT2D eigenvalue weighted by Gasteiger charge is -2.04. The van der Waals surface area contributed by atoms with Crippen molar-refractivity contribution in [3.05, 3.63) is 54.4 Å². The second-order valence-corrected chi connectivity index (χ2v) is 7.79. The van der Waals surface area contributed by atoms with Crippen LogP contribution in [-0.2, 0) is 12.8 Å². The number of hydrogen-bond acceptors (Lipinski definition) is 7. The summed E-state index contributed by atoms with van der Waals surface area (Å²) in [5.74, 6) is 2.57. The van der Waals surface area contributed by atoms with Gasteiger partial charge >= 0.3 is 0 Å². The van der Waals surface area contributed by atoms with Gasteiger partial charge < -0.3 is 14.6 Å². The highest BCUT2D eigenvalue weighted by Crippen LogP contribution is 2.31. The lowest BCUT2D eigenvalue weighted by atomic mass is 10.3. The number of methoxy groups -OCH3 is 1. The number of thioether (sulfide) groups is 1. The van der Waals surface area contributed by atoms with Crippen LogP contribution < -0.4 is 10.1 Å². The fourth-order valence-corrected chi connectivity index (χ4v) is 4.35. The quantitative estimate of drug-likeness (QED) is 0.496. The Morgan fingerprint density at radius 3 is 2.88 bits per heavy atom. The van der Waals surface area contributed by atoms with Crippen molar-refractivity contribution in [1.82, 2.24) is 19.7 Å². The van der Waals surface area contributed by atoms with Crippen LogP contribution in [0, 0.1) is 0 Å². The number of rotatable bonds is 6. The standard InChI is InChI=1S/C18H17N5OS2/c1-23-15-9-4-3-8-14(15)20-16(23)11-25-18-22-21-17(26-18)19-12-6-5-7-13(10-12)24-2/h3-10H,11H2,1-2H3,(H,19,21). The van der Waals surface area contributed by atoms with Gasteiger partial charge in [-0.05, 0) is 24.3 Å². The number of imidazole rings is 1. The van der Waals surface area contributed by atoms with E-state index in [-0.39, 0.29) is 0 Å². The molecule has 0 saturated carbocycles. The van der Waals surface area contributed by atoms with Crippen molar-refractivity contribution < 1.29 is 4.74 Å². The number of hydrogen-bond donors (Lipinski definition) is 1. The van der Waals surface area contributed by atoms with E-state index in [2.05, 4.69) is 26.1 Å². The van der Waals surface area contributed by atoms with Gasteiger partial charge in [0.1, 0.15) is 11.6 Å². The predicted molar refractivity (Wildman–Crippen MR) is 106 cm³/mol. The molecule has 132 valence electrons. The highest BCUT2D eigenvalue weighted by atomic mass is 32.2. The highest BCUT2D eigenvalue weighted by molar-refractivity contribution is 8.00. The van der Waals surface area contributed by atoms with E-state index in [1.165, 1.54) is 11.3 Å². The second-order valence-electron chi connectivity index (χ2n) is 5.59. The number of aromatic nitrogens is 4. The molecule has 0 aliphatic carbocycles. The molecule has 0 saturated heterocycles. The first-order valence-electron chi connectivity index (χ1n) is 8.00. The molecule has 26 heavy (non-hydrogen) atoms. The molecule has 1 N–H and O–H groups in total. The number of benzene rings is 2. The Balaban J connectivity index is 1.44. The maximum Gasteiger partial charge on any atom is 0.210 e. The molecule has 0 unspecified atom stereocenters. The van der Waals surface area contributed by atoms with Gasteiger partial charge in [-0.3, -0.25) is 0 Å². The fourth-order valence-electron chi connectivity index (χ4n) is 2.59. The van der Waals surface area contributed by atoms with Crippen LogP contribution in [0.15, 0.2) is 52.9 Å². The number of nitrogens with zero attached hydrogens (tertiary/aromatic N) is 4. The average molecular weight is 384 g/mol. The van der Waals surface area contributed by atoms with Gasteiger partial charge in [-0.15, -0.1) is 10.2 Å². The molecule has 8 heteroatoms. The monoisotopic (exact) mass is 383 g/mol. The Bertz CT molecular complexity index is 1040. The van der Waals surface area contributed by atoms with E-state index in [0.717, 1.165) is 43.5 Å². The van der Waals surface area contributed by atoms with E-state index in [1.807, 2.05) is 49.5 Å². The Hall–Kier alpha value is -2.58. The largest absolute Gasteiger partial charge is 0.497 e. The molecule has 6 nitrogen and oxygen atoms in total. The molecule has 4 rings (SSSR count). The van der Waals surface area contributed by atoms with E-state index >= 15 is 0 Å². The molecule has 0 spiro atoms. The lowest BCUT2D eigenvalue weighted by Crippen LogP contribution is -1.95. The molecule has 0 aliphatic heterocycles. The first kappa shape index (κ1) is 16.9. The van der Waals surface area contributed by atoms with E-state index in [9.17, 15) is 0 Å². The third kappa shape index (κ3) is 3.51. The van der Waals surface area contributed by atoms with Crippen LogP contribution in [0.1, 0.15) is 5.82 Å². The molecule has 2 aromatic carbocycles. The number of para-hydroxylation sites is 2. The summed E-state index contributed by atoms with van der Waals surface area (Å²) in [6.45, 7) is 0. The Morgan fingerprint density at radius 1 is 1.15 bits per heavy atom. The molecule has 0 bridgehead atoms. The van der Waals surface area contributed by atoms with Crippen LogP contribution in [0.2, 0.25) is 0 Å². The normalized spacial score (nSPS) is 11.0. The zero-order valence-corrected chi connectivity index (χ0v) is 16.0. The number of ether oxygens (including phenoxy) is 1. The van der Waals surface area contributed by atoms with Crippen LogP contribution in [0.5, 0.6) is 5.75 Å². The zero-order chi connectivity index (χ0) is 17.9. The van der Waals surface area contributed by atoms with Crippen molar-refractivity contribution in [3.8, 4) is 5.75 Å². The summed E-state index contributed by atoms with van der Waals surface area (Å²) in [6.07, 6.45) is 0. The van der Waals surface area contributed by atoms with Crippen LogP contribution in [0.25, 0.3) is 11.0 Å². The molecule has 0 atom stereocenters. The maximum atomic E-state index is 5.24. The molecule has 0 amide bonds. The van der Waals surface area contributed by atoms with E-state index < -0.39 is 0 Å². The second kappa shape index (κ2) is 7.35. The van der Waals surface area contributed by atoms with Crippen molar-refractivity contribution in [1.29, 1.82) is 0 Å². The lowest BCUT2D eigenvalue weighted by molar-refractivity contribution is 0.415. The topological polar surface area (TPSA) is 64.9 Å². The molecule has 2 aromatic heterocycles. The number of anilines is 2. The molecule has 2 heterocycles. The first-order chi connectivity index (χ1) is 12.7. The van der Waals surface area contributed by atoms with Crippen LogP contribution in [0.3, 0.4) is 0 Å². The molecular formula is C18H17N5OS2. The van der Waals surface area contributed by atoms with Gasteiger partial charge in [0.25, 0.3) is 0 Å². The minimum Gasteiger partial charge on any atom is -0.497 e. The van der Waals surface area contributed by atoms with Gasteiger partial charge in [-0.1, -0.05) is 41.3 Å². The number of fused-ring (bicyclic) bond motifs is 1. The van der Waals surface area contributed by atoms with Crippen molar-refractivity contribution in [2.45, 2.75) is 10.1 Å². The minimum atomic E-state index is 0.749. The van der Waals surface area contributed by atoms with Crippen molar-refractivity contribution in [2.24, 2.45) is 7.05 Å². The van der Waals surface area contributed by atoms with Crippen molar-refractivity contribution in [2.75, 3.05) is 12.4 Å². The minimum absolute atomic E-state index is 0.749. The van der Waals surface area contributed by atoms with E-state index in [1.54, 1.807) is 18.9 Å². The molecule has 0 radical (unpaired) electrons. The van der Waals surface area contributed by atoms with E-state index in [4.69, 9.17) is 9.72 Å². The highest BCUT2D eigenvalue weighted by Gasteiger charge is 2.10. The summed E-state index contributed by atoms with van der Waals surface area (Å²) in [7, 11) is 3.70.